The predicted octanol–water partition coefficient (Wildman–Crippen LogP) is 3.39. The Labute approximate surface area is 131 Å². The Bertz CT molecular complexity index is 499. The van der Waals surface area contributed by atoms with E-state index in [4.69, 9.17) is 11.6 Å². The van der Waals surface area contributed by atoms with Gasteiger partial charge in [0.1, 0.15) is 0 Å². The molecule has 3 nitrogen and oxygen atoms in total. The molecule has 2 aliphatic heterocycles. The number of hydrogen-bond donors (Lipinski definition) is 1. The molecule has 3 rings (SSSR count). The highest BCUT2D eigenvalue weighted by Crippen LogP contribution is 2.33. The summed E-state index contributed by atoms with van der Waals surface area (Å²) in [7, 11) is 0. The van der Waals surface area contributed by atoms with Crippen LogP contribution >= 0.6 is 11.6 Å². The molecule has 0 saturated carbocycles. The zero-order valence-electron chi connectivity index (χ0n) is 12.4. The number of likely N-dealkylation sites (tertiary alicyclic amines) is 1. The van der Waals surface area contributed by atoms with Crippen molar-refractivity contribution < 1.29 is 4.79 Å². The van der Waals surface area contributed by atoms with Crippen LogP contribution in [0.3, 0.4) is 0 Å². The first-order chi connectivity index (χ1) is 10.2. The van der Waals surface area contributed by atoms with Crippen molar-refractivity contribution in [2.75, 3.05) is 19.6 Å². The Hall–Kier alpha value is -1.06. The van der Waals surface area contributed by atoms with Crippen molar-refractivity contribution in [2.24, 2.45) is 5.92 Å². The third-order valence-electron chi connectivity index (χ3n) is 4.74. The summed E-state index contributed by atoms with van der Waals surface area (Å²) in [4.78, 5) is 14.6. The quantitative estimate of drug-likeness (QED) is 0.925. The summed E-state index contributed by atoms with van der Waals surface area (Å²) in [5.74, 6) is 0.991. The molecule has 0 bridgehead atoms. The number of nitrogens with one attached hydrogen (secondary N) is 1. The average molecular weight is 307 g/mol. The Morgan fingerprint density at radius 3 is 3.05 bits per heavy atom. The van der Waals surface area contributed by atoms with Gasteiger partial charge in [0, 0.05) is 18.0 Å². The molecule has 2 atom stereocenters. The molecular weight excluding hydrogens is 284 g/mol. The van der Waals surface area contributed by atoms with Gasteiger partial charge in [-0.3, -0.25) is 4.79 Å². The topological polar surface area (TPSA) is 32.3 Å². The van der Waals surface area contributed by atoms with Gasteiger partial charge >= 0.3 is 0 Å². The first-order valence-electron chi connectivity index (χ1n) is 7.99. The molecular formula is C17H23ClN2O. The van der Waals surface area contributed by atoms with Crippen LogP contribution in [0.15, 0.2) is 24.3 Å². The van der Waals surface area contributed by atoms with E-state index >= 15 is 0 Å². The summed E-state index contributed by atoms with van der Waals surface area (Å²) in [6.07, 6.45) is 5.06. The minimum absolute atomic E-state index is 0.220. The summed E-state index contributed by atoms with van der Waals surface area (Å²) in [5, 5.41) is 4.12. The van der Waals surface area contributed by atoms with Gasteiger partial charge in [0.2, 0.25) is 5.91 Å². The van der Waals surface area contributed by atoms with Crippen LogP contribution in [0.25, 0.3) is 0 Å². The van der Waals surface area contributed by atoms with Gasteiger partial charge in [0.25, 0.3) is 0 Å². The Balaban J connectivity index is 1.61. The molecule has 0 radical (unpaired) electrons. The van der Waals surface area contributed by atoms with Crippen molar-refractivity contribution in [1.29, 1.82) is 0 Å². The zero-order valence-corrected chi connectivity index (χ0v) is 13.1. The Kier molecular flexibility index (Phi) is 4.81. The van der Waals surface area contributed by atoms with Crippen LogP contribution in [0.5, 0.6) is 0 Å². The van der Waals surface area contributed by atoms with Gasteiger partial charge in [-0.1, -0.05) is 23.7 Å². The van der Waals surface area contributed by atoms with E-state index in [-0.39, 0.29) is 6.04 Å². The Morgan fingerprint density at radius 1 is 1.38 bits per heavy atom. The van der Waals surface area contributed by atoms with Crippen LogP contribution in [0.1, 0.15) is 43.7 Å². The number of nitrogens with zero attached hydrogens (tertiary/aromatic N) is 1. The maximum atomic E-state index is 12.5. The molecule has 4 heteroatoms. The van der Waals surface area contributed by atoms with Gasteiger partial charge < -0.3 is 10.2 Å². The van der Waals surface area contributed by atoms with E-state index < -0.39 is 0 Å². The van der Waals surface area contributed by atoms with Gasteiger partial charge in [0.15, 0.2) is 0 Å². The van der Waals surface area contributed by atoms with E-state index in [2.05, 4.69) is 16.3 Å². The van der Waals surface area contributed by atoms with E-state index in [0.717, 1.165) is 43.9 Å². The lowest BCUT2D eigenvalue weighted by molar-refractivity contribution is -0.132. The number of carbonyl (C=O) groups is 1. The molecule has 1 N–H and O–H groups in total. The number of rotatable bonds is 4. The van der Waals surface area contributed by atoms with Crippen molar-refractivity contribution in [3.05, 3.63) is 34.9 Å². The molecule has 21 heavy (non-hydrogen) atoms. The molecule has 0 spiro atoms. The number of amides is 1. The first kappa shape index (κ1) is 14.9. The van der Waals surface area contributed by atoms with E-state index in [1.165, 1.54) is 12.0 Å². The van der Waals surface area contributed by atoms with Gasteiger partial charge in [-0.05, 0) is 62.4 Å². The summed E-state index contributed by atoms with van der Waals surface area (Å²) < 4.78 is 0. The van der Waals surface area contributed by atoms with Crippen molar-refractivity contribution in [1.82, 2.24) is 10.2 Å². The van der Waals surface area contributed by atoms with Crippen LogP contribution in [0.2, 0.25) is 5.02 Å². The molecule has 2 saturated heterocycles. The molecule has 0 aliphatic carbocycles. The predicted molar refractivity (Wildman–Crippen MR) is 85.4 cm³/mol. The van der Waals surface area contributed by atoms with Crippen molar-refractivity contribution in [2.45, 2.75) is 38.1 Å². The van der Waals surface area contributed by atoms with Gasteiger partial charge in [0.05, 0.1) is 6.04 Å². The van der Waals surface area contributed by atoms with Crippen molar-refractivity contribution in [3.8, 4) is 0 Å². The summed E-state index contributed by atoms with van der Waals surface area (Å²) in [6.45, 7) is 3.07. The fourth-order valence-electron chi connectivity index (χ4n) is 3.56. The second-order valence-corrected chi connectivity index (χ2v) is 6.63. The van der Waals surface area contributed by atoms with Crippen LogP contribution in [-0.4, -0.2) is 30.4 Å². The summed E-state index contributed by atoms with van der Waals surface area (Å²) in [5.41, 5.74) is 1.18. The van der Waals surface area contributed by atoms with Crippen molar-refractivity contribution >= 4 is 17.5 Å². The Morgan fingerprint density at radius 2 is 2.29 bits per heavy atom. The largest absolute Gasteiger partial charge is 0.336 e. The molecule has 114 valence electrons. The SMILES string of the molecule is O=C(CCC1CCNC1)N1CCCC1c1cccc(Cl)c1. The van der Waals surface area contributed by atoms with Gasteiger partial charge in [-0.25, -0.2) is 0 Å². The standard InChI is InChI=1S/C17H23ClN2O/c18-15-4-1-3-14(11-15)16-5-2-10-20(16)17(21)7-6-13-8-9-19-12-13/h1,3-4,11,13,16,19H,2,5-10,12H2. The minimum Gasteiger partial charge on any atom is -0.336 e. The van der Waals surface area contributed by atoms with E-state index in [1.54, 1.807) is 0 Å². The molecule has 2 unspecified atom stereocenters. The second kappa shape index (κ2) is 6.80. The fourth-order valence-corrected chi connectivity index (χ4v) is 3.76. The van der Waals surface area contributed by atoms with E-state index in [0.29, 0.717) is 18.2 Å². The molecule has 2 heterocycles. The number of halogens is 1. The smallest absolute Gasteiger partial charge is 0.223 e. The highest BCUT2D eigenvalue weighted by Gasteiger charge is 2.30. The normalized spacial score (nSPS) is 25.5. The van der Waals surface area contributed by atoms with Crippen molar-refractivity contribution in [3.63, 3.8) is 0 Å². The van der Waals surface area contributed by atoms with Crippen LogP contribution in [0.4, 0.5) is 0 Å². The third kappa shape index (κ3) is 3.58. The van der Waals surface area contributed by atoms with Crippen LogP contribution in [0, 0.1) is 5.92 Å². The maximum Gasteiger partial charge on any atom is 0.223 e. The van der Waals surface area contributed by atoms with E-state index in [1.807, 2.05) is 18.2 Å². The molecule has 2 aliphatic rings. The summed E-state index contributed by atoms with van der Waals surface area (Å²) in [6, 6.07) is 8.17. The minimum atomic E-state index is 0.220. The molecule has 1 aromatic rings. The van der Waals surface area contributed by atoms with E-state index in [9.17, 15) is 4.79 Å². The third-order valence-corrected chi connectivity index (χ3v) is 4.97. The molecule has 0 aromatic heterocycles. The average Bonchev–Trinajstić information content (AvgIpc) is 3.16. The number of benzene rings is 1. The lowest BCUT2D eigenvalue weighted by Crippen LogP contribution is -2.30. The van der Waals surface area contributed by atoms with Crippen LogP contribution in [-0.2, 0) is 4.79 Å². The fraction of sp³-hybridized carbons (Fsp3) is 0.588. The lowest BCUT2D eigenvalue weighted by atomic mass is 10.0. The molecule has 1 aromatic carbocycles. The summed E-state index contributed by atoms with van der Waals surface area (Å²) >= 11 is 6.09. The first-order valence-corrected chi connectivity index (χ1v) is 8.37. The second-order valence-electron chi connectivity index (χ2n) is 6.20. The maximum absolute atomic E-state index is 12.5. The monoisotopic (exact) mass is 306 g/mol. The number of carbonyl (C=O) groups excluding carboxylic acids is 1. The molecule has 2 fully saturated rings. The molecule has 1 amide bonds. The van der Waals surface area contributed by atoms with Crippen LogP contribution < -0.4 is 5.32 Å². The number of hydrogen-bond acceptors (Lipinski definition) is 2. The zero-order chi connectivity index (χ0) is 14.7. The van der Waals surface area contributed by atoms with Gasteiger partial charge in [-0.2, -0.15) is 0 Å². The highest BCUT2D eigenvalue weighted by atomic mass is 35.5. The highest BCUT2D eigenvalue weighted by molar-refractivity contribution is 6.30. The lowest BCUT2D eigenvalue weighted by Gasteiger charge is -2.26. The van der Waals surface area contributed by atoms with Gasteiger partial charge in [-0.15, -0.1) is 0 Å².